The molecule has 0 aliphatic carbocycles. The van der Waals surface area contributed by atoms with E-state index in [9.17, 15) is 43.9 Å². The highest BCUT2D eigenvalue weighted by Crippen LogP contribution is 2.57. The molecule has 0 bridgehead atoms. The number of nitrogens with one attached hydrogen (secondary N) is 1. The van der Waals surface area contributed by atoms with Crippen LogP contribution in [0.3, 0.4) is 0 Å². The molecule has 4 aliphatic heterocycles. The number of alkyl halides is 9. The van der Waals surface area contributed by atoms with Crippen LogP contribution in [0.15, 0.2) is 30.3 Å². The zero-order valence-corrected chi connectivity index (χ0v) is 31.1. The molecule has 58 heavy (non-hydrogen) atoms. The Bertz CT molecular complexity index is 2220. The molecule has 1 N–H and O–H groups in total. The van der Waals surface area contributed by atoms with Crippen LogP contribution in [0.4, 0.5) is 54.1 Å². The Morgan fingerprint density at radius 3 is 2.34 bits per heavy atom. The van der Waals surface area contributed by atoms with E-state index in [0.717, 1.165) is 0 Å². The second-order valence-electron chi connectivity index (χ2n) is 14.5. The minimum Gasteiger partial charge on any atom is -0.461 e. The summed E-state index contributed by atoms with van der Waals surface area (Å²) in [4.78, 5) is 17.2. The molecule has 4 aliphatic rings. The predicted octanol–water partition coefficient (Wildman–Crippen LogP) is 8.28. The van der Waals surface area contributed by atoms with E-state index in [-0.39, 0.29) is 58.6 Å². The van der Waals surface area contributed by atoms with Crippen LogP contribution in [0, 0.1) is 24.0 Å². The molecule has 6 heterocycles. The van der Waals surface area contributed by atoms with Crippen molar-refractivity contribution < 1.29 is 57.8 Å². The molecular formula is C39H37F11N6O2. The molecule has 3 unspecified atom stereocenters. The highest BCUT2D eigenvalue weighted by atomic mass is 19.4. The molecule has 0 saturated carbocycles. The number of rotatable bonds is 6. The summed E-state index contributed by atoms with van der Waals surface area (Å²) in [6, 6.07) is 7.07. The number of anilines is 1. The van der Waals surface area contributed by atoms with Gasteiger partial charge in [-0.15, -0.1) is 6.42 Å². The lowest BCUT2D eigenvalue weighted by Crippen LogP contribution is -2.68. The smallest absolute Gasteiger partial charge is 0.435 e. The van der Waals surface area contributed by atoms with Crippen molar-refractivity contribution in [2.75, 3.05) is 44.2 Å². The molecule has 312 valence electrons. The van der Waals surface area contributed by atoms with Crippen LogP contribution in [-0.4, -0.2) is 101 Å². The molecule has 8 rings (SSSR count). The minimum atomic E-state index is -6.87. The fraction of sp³-hybridized carbons (Fsp3) is 0.513. The third-order valence-electron chi connectivity index (χ3n) is 11.3. The number of benzene rings is 2. The van der Waals surface area contributed by atoms with Gasteiger partial charge in [0.25, 0.3) is 0 Å². The first-order chi connectivity index (χ1) is 27.4. The first kappa shape index (κ1) is 41.6. The zero-order chi connectivity index (χ0) is 42.0. The molecule has 3 fully saturated rings. The predicted molar refractivity (Wildman–Crippen MR) is 191 cm³/mol. The lowest BCUT2D eigenvalue weighted by molar-refractivity contribution is -0.463. The highest BCUT2D eigenvalue weighted by molar-refractivity contribution is 6.02. The van der Waals surface area contributed by atoms with Gasteiger partial charge in [0.1, 0.15) is 29.5 Å². The minimum absolute atomic E-state index is 0.0990. The molecule has 3 atom stereocenters. The van der Waals surface area contributed by atoms with Gasteiger partial charge in [0.2, 0.25) is 0 Å². The van der Waals surface area contributed by atoms with E-state index in [1.165, 1.54) is 17.0 Å². The first-order valence-electron chi connectivity index (χ1n) is 18.7. The summed E-state index contributed by atoms with van der Waals surface area (Å²) in [6.07, 6.45) is -16.3. The number of aryl methyl sites for hydroxylation is 1. The van der Waals surface area contributed by atoms with Gasteiger partial charge in [-0.1, -0.05) is 44.0 Å². The van der Waals surface area contributed by atoms with Crippen LogP contribution < -0.4 is 15.0 Å². The van der Waals surface area contributed by atoms with E-state index >= 15 is 4.39 Å². The highest BCUT2D eigenvalue weighted by Gasteiger charge is 2.86. The summed E-state index contributed by atoms with van der Waals surface area (Å²) in [6.45, 7) is 4.53. The fourth-order valence-corrected chi connectivity index (χ4v) is 8.81. The van der Waals surface area contributed by atoms with Gasteiger partial charge in [-0.2, -0.15) is 49.5 Å². The van der Waals surface area contributed by atoms with E-state index in [1.807, 2.05) is 18.7 Å². The van der Waals surface area contributed by atoms with E-state index in [0.29, 0.717) is 55.4 Å². The van der Waals surface area contributed by atoms with Crippen molar-refractivity contribution in [1.29, 1.82) is 0 Å². The molecule has 0 amide bonds. The van der Waals surface area contributed by atoms with Gasteiger partial charge in [0.05, 0.1) is 28.3 Å². The van der Waals surface area contributed by atoms with Gasteiger partial charge >= 0.3 is 30.1 Å². The van der Waals surface area contributed by atoms with E-state index in [4.69, 9.17) is 16.1 Å². The normalized spacial score (nSPS) is 22.6. The summed E-state index contributed by atoms with van der Waals surface area (Å²) in [7, 11) is 0. The van der Waals surface area contributed by atoms with Crippen molar-refractivity contribution in [3.05, 3.63) is 53.2 Å². The second-order valence-corrected chi connectivity index (χ2v) is 14.5. The Balaban J connectivity index is 0.00000252. The number of hydrogen-bond donors (Lipinski definition) is 1. The summed E-state index contributed by atoms with van der Waals surface area (Å²) in [5.74, 6) is 1.02. The van der Waals surface area contributed by atoms with Gasteiger partial charge in [-0.25, -0.2) is 13.8 Å². The quantitative estimate of drug-likeness (QED) is 0.154. The maximum Gasteiger partial charge on any atom is 0.435 e. The number of hydrogen-bond acceptors (Lipinski definition) is 8. The number of piperazine rings is 1. The Labute approximate surface area is 325 Å². The van der Waals surface area contributed by atoms with Crippen molar-refractivity contribution in [1.82, 2.24) is 25.2 Å². The van der Waals surface area contributed by atoms with Crippen LogP contribution in [0.1, 0.15) is 50.8 Å². The molecule has 2 aromatic carbocycles. The molecule has 0 radical (unpaired) electrons. The number of halogens is 11. The van der Waals surface area contributed by atoms with Gasteiger partial charge < -0.3 is 19.7 Å². The van der Waals surface area contributed by atoms with Crippen molar-refractivity contribution in [2.24, 2.45) is 0 Å². The monoisotopic (exact) mass is 830 g/mol. The third-order valence-corrected chi connectivity index (χ3v) is 11.3. The standard InChI is InChI=1S/C37H31F11N6O2.C2H6/c1-2-22-24(38)9-7-19-5-3-6-23(26(19)22)29-28(39)30-27-25(50-29)10-8-20-16-49-12-14-54(20)31(27)52-32(51-30)55-18-33-11-4-13-53(33)17-21(15-33)56-34(35(40,41)42,36(43,44)45)37(46,47)48;1-2/h1,3,5-7,9,20-21,49H,4,8,10-18H2;1-2H3. The van der Waals surface area contributed by atoms with E-state index in [2.05, 4.69) is 25.9 Å². The van der Waals surface area contributed by atoms with Crippen LogP contribution in [0.2, 0.25) is 0 Å². The van der Waals surface area contributed by atoms with Gasteiger partial charge in [0.15, 0.2) is 5.82 Å². The molecule has 2 aromatic heterocycles. The Hall–Kier alpha value is -4.54. The maximum absolute atomic E-state index is 17.0. The van der Waals surface area contributed by atoms with Gasteiger partial charge in [-0.3, -0.25) is 4.90 Å². The molecular weight excluding hydrogens is 793 g/mol. The molecule has 8 nitrogen and oxygen atoms in total. The fourth-order valence-electron chi connectivity index (χ4n) is 8.81. The van der Waals surface area contributed by atoms with Crippen molar-refractivity contribution >= 4 is 27.5 Å². The number of aromatic nitrogens is 3. The topological polar surface area (TPSA) is 75.6 Å². The van der Waals surface area contributed by atoms with Crippen molar-refractivity contribution in [2.45, 2.75) is 87.8 Å². The largest absolute Gasteiger partial charge is 0.461 e. The van der Waals surface area contributed by atoms with Crippen LogP contribution in [0.25, 0.3) is 32.9 Å². The summed E-state index contributed by atoms with van der Waals surface area (Å²) in [5.41, 5.74) is -7.61. The number of nitrogens with zero attached hydrogens (tertiary/aromatic N) is 5. The molecule has 0 spiro atoms. The van der Waals surface area contributed by atoms with E-state index in [1.54, 1.807) is 18.2 Å². The maximum atomic E-state index is 17.0. The van der Waals surface area contributed by atoms with Crippen molar-refractivity contribution in [3.63, 3.8) is 0 Å². The summed E-state index contributed by atoms with van der Waals surface area (Å²) in [5, 5.41) is 4.38. The SMILES string of the molecule is C#Cc1c(F)ccc2cccc(-c3nc4c5c(nc(OCC67CCCN6CC(OC(C(F)(F)F)(C(F)(F)F)C(F)(F)F)C7)nc5c3F)N3CCNCC3CC4)c12.CC. The molecule has 19 heteroatoms. The number of fused-ring (bicyclic) bond motifs is 4. The number of pyridine rings is 1. The average Bonchev–Trinajstić information content (AvgIpc) is 3.67. The van der Waals surface area contributed by atoms with Crippen molar-refractivity contribution in [3.8, 4) is 29.6 Å². The average molecular weight is 831 g/mol. The zero-order valence-electron chi connectivity index (χ0n) is 31.1. The number of ether oxygens (including phenoxy) is 2. The molecule has 3 saturated heterocycles. The lowest BCUT2D eigenvalue weighted by atomic mass is 9.93. The lowest BCUT2D eigenvalue weighted by Gasteiger charge is -2.40. The van der Waals surface area contributed by atoms with E-state index < -0.39 is 67.0 Å². The van der Waals surface area contributed by atoms with Crippen LogP contribution in [-0.2, 0) is 11.2 Å². The summed E-state index contributed by atoms with van der Waals surface area (Å²) < 4.78 is 166. The van der Waals surface area contributed by atoms with Crippen LogP contribution >= 0.6 is 0 Å². The Kier molecular flexibility index (Phi) is 10.7. The first-order valence-corrected chi connectivity index (χ1v) is 18.7. The van der Waals surface area contributed by atoms with Gasteiger partial charge in [0, 0.05) is 43.2 Å². The second kappa shape index (κ2) is 14.9. The third kappa shape index (κ3) is 6.64. The van der Waals surface area contributed by atoms with Crippen LogP contribution in [0.5, 0.6) is 6.01 Å². The molecule has 4 aromatic rings. The van der Waals surface area contributed by atoms with Gasteiger partial charge in [-0.05, 0) is 50.1 Å². The summed E-state index contributed by atoms with van der Waals surface area (Å²) >= 11 is 0. The Morgan fingerprint density at radius 2 is 1.66 bits per heavy atom. The number of terminal acetylenes is 1. The Morgan fingerprint density at radius 1 is 0.931 bits per heavy atom.